The van der Waals surface area contributed by atoms with Gasteiger partial charge in [0, 0.05) is 0 Å². The second kappa shape index (κ2) is 4.66. The summed E-state index contributed by atoms with van der Waals surface area (Å²) in [5.74, 6) is 0. The first-order chi connectivity index (χ1) is 5.00. The number of hydrogen-bond donors (Lipinski definition) is 4. The minimum Gasteiger partial charge on any atom is -0.391 e. The smallest absolute Gasteiger partial charge is 0.108 e. The van der Waals surface area contributed by atoms with Gasteiger partial charge in [0.15, 0.2) is 0 Å². The Balaban J connectivity index is 3.90. The number of aliphatic hydroxyl groups is 4. The molecule has 0 aromatic rings. The molecule has 4 nitrogen and oxygen atoms in total. The van der Waals surface area contributed by atoms with E-state index >= 15 is 0 Å². The molecule has 0 rings (SSSR count). The Morgan fingerprint density at radius 2 is 1.45 bits per heavy atom. The highest BCUT2D eigenvalue weighted by Crippen LogP contribution is 2.06. The monoisotopic (exact) mass is 164 g/mol. The quantitative estimate of drug-likeness (QED) is 0.423. The lowest BCUT2D eigenvalue weighted by atomic mass is 10.0. The van der Waals surface area contributed by atoms with E-state index in [1.807, 2.05) is 0 Å². The predicted molar refractivity (Wildman–Crippen MR) is 40.0 cm³/mol. The van der Waals surface area contributed by atoms with E-state index in [-0.39, 0.29) is 0 Å². The van der Waals surface area contributed by atoms with Crippen LogP contribution in [0, 0.1) is 0 Å². The van der Waals surface area contributed by atoms with Crippen LogP contribution in [0.25, 0.3) is 0 Å². The van der Waals surface area contributed by atoms with Crippen molar-refractivity contribution in [3.05, 3.63) is 0 Å². The summed E-state index contributed by atoms with van der Waals surface area (Å²) in [6, 6.07) is 0. The van der Waals surface area contributed by atoms with Gasteiger partial charge in [0.2, 0.25) is 0 Å². The fraction of sp³-hybridized carbons (Fsp3) is 1.00. The summed E-state index contributed by atoms with van der Waals surface area (Å²) in [7, 11) is 0. The van der Waals surface area contributed by atoms with E-state index in [0.717, 1.165) is 0 Å². The van der Waals surface area contributed by atoms with Crippen LogP contribution in [0.1, 0.15) is 20.3 Å². The van der Waals surface area contributed by atoms with Crippen molar-refractivity contribution >= 4 is 0 Å². The number of aliphatic hydroxyl groups excluding tert-OH is 4. The molecular formula is C7H16O4. The predicted octanol–water partition coefficient (Wildman–Crippen LogP) is -1.14. The van der Waals surface area contributed by atoms with Crippen LogP contribution >= 0.6 is 0 Å². The van der Waals surface area contributed by atoms with Crippen molar-refractivity contribution in [3.8, 4) is 0 Å². The van der Waals surface area contributed by atoms with Crippen LogP contribution in [0.2, 0.25) is 0 Å². The Hall–Kier alpha value is -0.160. The highest BCUT2D eigenvalue weighted by Gasteiger charge is 2.26. The van der Waals surface area contributed by atoms with Crippen LogP contribution in [0.5, 0.6) is 0 Å². The van der Waals surface area contributed by atoms with Gasteiger partial charge in [-0.05, 0) is 13.3 Å². The Labute approximate surface area is 66.1 Å². The summed E-state index contributed by atoms with van der Waals surface area (Å²) in [5, 5.41) is 36.0. The van der Waals surface area contributed by atoms with Gasteiger partial charge >= 0.3 is 0 Å². The molecule has 0 unspecified atom stereocenters. The van der Waals surface area contributed by atoms with Crippen molar-refractivity contribution in [3.63, 3.8) is 0 Å². The van der Waals surface area contributed by atoms with Crippen molar-refractivity contribution < 1.29 is 20.4 Å². The minimum atomic E-state index is -1.27. The molecule has 0 radical (unpaired) electrons. The summed E-state index contributed by atoms with van der Waals surface area (Å²) >= 11 is 0. The van der Waals surface area contributed by atoms with E-state index in [1.165, 1.54) is 6.92 Å². The normalized spacial score (nSPS) is 22.4. The van der Waals surface area contributed by atoms with Crippen LogP contribution in [-0.4, -0.2) is 44.8 Å². The molecule has 0 aromatic heterocycles. The van der Waals surface area contributed by atoms with Gasteiger partial charge in [-0.1, -0.05) is 6.92 Å². The van der Waals surface area contributed by atoms with Gasteiger partial charge < -0.3 is 20.4 Å². The SMILES string of the molecule is CC[C@H](O)[C@H](O)[C@@H](O)[C@H](C)O. The fourth-order valence-electron chi connectivity index (χ4n) is 0.754. The third-order valence-electron chi connectivity index (χ3n) is 1.66. The van der Waals surface area contributed by atoms with Crippen molar-refractivity contribution in [2.75, 3.05) is 0 Å². The first-order valence-corrected chi connectivity index (χ1v) is 3.73. The van der Waals surface area contributed by atoms with Gasteiger partial charge in [0.1, 0.15) is 12.2 Å². The molecule has 0 amide bonds. The van der Waals surface area contributed by atoms with Crippen molar-refractivity contribution in [2.24, 2.45) is 0 Å². The zero-order chi connectivity index (χ0) is 9.02. The maximum absolute atomic E-state index is 9.10. The number of rotatable bonds is 4. The van der Waals surface area contributed by atoms with Crippen LogP contribution < -0.4 is 0 Å². The Bertz CT molecular complexity index is 105. The molecule has 0 saturated carbocycles. The van der Waals surface area contributed by atoms with E-state index in [4.69, 9.17) is 20.4 Å². The third-order valence-corrected chi connectivity index (χ3v) is 1.66. The molecule has 4 N–H and O–H groups in total. The topological polar surface area (TPSA) is 80.9 Å². The lowest BCUT2D eigenvalue weighted by Crippen LogP contribution is -2.42. The summed E-state index contributed by atoms with van der Waals surface area (Å²) in [5.41, 5.74) is 0. The maximum atomic E-state index is 9.10. The minimum absolute atomic E-state index is 0.352. The molecular weight excluding hydrogens is 148 g/mol. The Morgan fingerprint density at radius 1 is 1.00 bits per heavy atom. The van der Waals surface area contributed by atoms with Gasteiger partial charge in [-0.3, -0.25) is 0 Å². The molecule has 0 saturated heterocycles. The second-order valence-electron chi connectivity index (χ2n) is 2.70. The van der Waals surface area contributed by atoms with Crippen molar-refractivity contribution in [1.29, 1.82) is 0 Å². The maximum Gasteiger partial charge on any atom is 0.108 e. The first-order valence-electron chi connectivity index (χ1n) is 3.73. The van der Waals surface area contributed by atoms with Crippen molar-refractivity contribution in [2.45, 2.75) is 44.7 Å². The van der Waals surface area contributed by atoms with Gasteiger partial charge in [-0.15, -0.1) is 0 Å². The molecule has 0 bridgehead atoms. The average molecular weight is 164 g/mol. The summed E-state index contributed by atoms with van der Waals surface area (Å²) < 4.78 is 0. The molecule has 0 aromatic carbocycles. The molecule has 4 atom stereocenters. The second-order valence-corrected chi connectivity index (χ2v) is 2.70. The molecule has 0 heterocycles. The lowest BCUT2D eigenvalue weighted by Gasteiger charge is -2.23. The van der Waals surface area contributed by atoms with Crippen LogP contribution in [-0.2, 0) is 0 Å². The molecule has 0 aliphatic carbocycles. The van der Waals surface area contributed by atoms with E-state index in [2.05, 4.69) is 0 Å². The van der Waals surface area contributed by atoms with E-state index in [1.54, 1.807) is 6.92 Å². The highest BCUT2D eigenvalue weighted by atomic mass is 16.4. The standard InChI is InChI=1S/C7H16O4/c1-3-5(9)7(11)6(10)4(2)8/h4-11H,3H2,1-2H3/t4-,5-,6-,7-/m0/s1. The van der Waals surface area contributed by atoms with Gasteiger partial charge in [0.05, 0.1) is 12.2 Å². The van der Waals surface area contributed by atoms with Gasteiger partial charge in [-0.2, -0.15) is 0 Å². The van der Waals surface area contributed by atoms with Gasteiger partial charge in [-0.25, -0.2) is 0 Å². The fourth-order valence-corrected chi connectivity index (χ4v) is 0.754. The zero-order valence-electron chi connectivity index (χ0n) is 6.81. The van der Waals surface area contributed by atoms with Gasteiger partial charge in [0.25, 0.3) is 0 Å². The van der Waals surface area contributed by atoms with Crippen LogP contribution in [0.3, 0.4) is 0 Å². The Morgan fingerprint density at radius 3 is 1.73 bits per heavy atom. The van der Waals surface area contributed by atoms with Crippen LogP contribution in [0.4, 0.5) is 0 Å². The molecule has 0 spiro atoms. The summed E-state index contributed by atoms with van der Waals surface area (Å²) in [4.78, 5) is 0. The molecule has 4 heteroatoms. The van der Waals surface area contributed by atoms with E-state index < -0.39 is 24.4 Å². The highest BCUT2D eigenvalue weighted by molar-refractivity contribution is 4.77. The van der Waals surface area contributed by atoms with E-state index in [0.29, 0.717) is 6.42 Å². The molecule has 0 fully saturated rings. The summed E-state index contributed by atoms with van der Waals surface area (Å²) in [6.45, 7) is 3.04. The van der Waals surface area contributed by atoms with Crippen molar-refractivity contribution in [1.82, 2.24) is 0 Å². The molecule has 68 valence electrons. The van der Waals surface area contributed by atoms with E-state index in [9.17, 15) is 0 Å². The third kappa shape index (κ3) is 3.16. The lowest BCUT2D eigenvalue weighted by molar-refractivity contribution is -0.100. The first kappa shape index (κ1) is 10.8. The Kier molecular flexibility index (Phi) is 4.60. The van der Waals surface area contributed by atoms with Crippen LogP contribution in [0.15, 0.2) is 0 Å². The number of hydrogen-bond acceptors (Lipinski definition) is 4. The zero-order valence-corrected chi connectivity index (χ0v) is 6.81. The average Bonchev–Trinajstić information content (AvgIpc) is 2.00. The molecule has 11 heavy (non-hydrogen) atoms. The molecule has 0 aliphatic rings. The summed E-state index contributed by atoms with van der Waals surface area (Å²) in [6.07, 6.45) is -4.18. The largest absolute Gasteiger partial charge is 0.391 e. The molecule has 0 aliphatic heterocycles.